The Morgan fingerprint density at radius 1 is 1.14 bits per heavy atom. The van der Waals surface area contributed by atoms with Crippen molar-refractivity contribution in [3.63, 3.8) is 0 Å². The van der Waals surface area contributed by atoms with Crippen LogP contribution in [-0.2, 0) is 22.5 Å². The first-order valence-corrected chi connectivity index (χ1v) is 10.9. The van der Waals surface area contributed by atoms with Gasteiger partial charge in [-0.1, -0.05) is 23.7 Å². The summed E-state index contributed by atoms with van der Waals surface area (Å²) in [5, 5.41) is 3.89. The number of nitrogens with zero attached hydrogens (tertiary/aromatic N) is 4. The summed E-state index contributed by atoms with van der Waals surface area (Å²) in [5.41, 5.74) is 2.09. The molecule has 0 aliphatic carbocycles. The number of morpholine rings is 1. The van der Waals surface area contributed by atoms with Gasteiger partial charge in [0.2, 0.25) is 5.91 Å². The Labute approximate surface area is 174 Å². The number of amides is 1. The topological polar surface area (TPSA) is 48.9 Å². The predicted molar refractivity (Wildman–Crippen MR) is 112 cm³/mol. The van der Waals surface area contributed by atoms with Gasteiger partial charge in [-0.3, -0.25) is 9.69 Å². The van der Waals surface area contributed by atoms with E-state index in [0.717, 1.165) is 75.4 Å². The third kappa shape index (κ3) is 5.03. The third-order valence-corrected chi connectivity index (χ3v) is 6.36. The largest absolute Gasteiger partial charge is 0.379 e. The maximum Gasteiger partial charge on any atom is 0.227 e. The van der Waals surface area contributed by atoms with E-state index in [-0.39, 0.29) is 5.91 Å². The summed E-state index contributed by atoms with van der Waals surface area (Å²) < 4.78 is 5.40. The lowest BCUT2D eigenvalue weighted by molar-refractivity contribution is -0.130. The summed E-state index contributed by atoms with van der Waals surface area (Å²) in [6.07, 6.45) is 0.404. The average Bonchev–Trinajstić information content (AvgIpc) is 3.17. The van der Waals surface area contributed by atoms with E-state index >= 15 is 0 Å². The zero-order valence-corrected chi connectivity index (χ0v) is 17.4. The van der Waals surface area contributed by atoms with E-state index in [2.05, 4.69) is 15.2 Å². The zero-order valence-electron chi connectivity index (χ0n) is 15.8. The van der Waals surface area contributed by atoms with Crippen LogP contribution in [0.25, 0.3) is 0 Å². The third-order valence-electron chi connectivity index (χ3n) is 5.18. The molecule has 28 heavy (non-hydrogen) atoms. The van der Waals surface area contributed by atoms with Gasteiger partial charge in [-0.05, 0) is 17.7 Å². The molecule has 1 aromatic heterocycles. The fourth-order valence-electron chi connectivity index (χ4n) is 3.58. The fourth-order valence-corrected chi connectivity index (χ4v) is 4.67. The molecule has 2 aliphatic heterocycles. The molecular weight excluding hydrogens is 396 g/mol. The summed E-state index contributed by atoms with van der Waals surface area (Å²) >= 11 is 7.72. The van der Waals surface area contributed by atoms with Gasteiger partial charge in [0.1, 0.15) is 0 Å². The minimum atomic E-state index is 0.161. The van der Waals surface area contributed by atoms with Crippen molar-refractivity contribution in [2.24, 2.45) is 0 Å². The van der Waals surface area contributed by atoms with Crippen LogP contribution >= 0.6 is 22.9 Å². The Bertz CT molecular complexity index is 801. The van der Waals surface area contributed by atoms with Gasteiger partial charge in [0.15, 0.2) is 5.13 Å². The molecule has 0 saturated carbocycles. The Hall–Kier alpha value is -1.67. The van der Waals surface area contributed by atoms with E-state index < -0.39 is 0 Å². The minimum Gasteiger partial charge on any atom is -0.379 e. The molecular formula is C20H25ClN4O2S. The van der Waals surface area contributed by atoms with Gasteiger partial charge >= 0.3 is 0 Å². The molecule has 2 aliphatic rings. The monoisotopic (exact) mass is 420 g/mol. The van der Waals surface area contributed by atoms with E-state index in [1.807, 2.05) is 29.2 Å². The highest BCUT2D eigenvalue weighted by Crippen LogP contribution is 2.23. The van der Waals surface area contributed by atoms with Gasteiger partial charge in [0.25, 0.3) is 0 Å². The van der Waals surface area contributed by atoms with Gasteiger partial charge in [-0.2, -0.15) is 0 Å². The van der Waals surface area contributed by atoms with Crippen LogP contribution in [0.2, 0.25) is 5.02 Å². The normalized spacial score (nSPS) is 18.5. The summed E-state index contributed by atoms with van der Waals surface area (Å²) in [6.45, 7) is 7.57. The molecule has 1 amide bonds. The van der Waals surface area contributed by atoms with Crippen LogP contribution in [0, 0.1) is 0 Å². The number of carbonyl (C=O) groups excluding carboxylic acids is 1. The summed E-state index contributed by atoms with van der Waals surface area (Å²) in [5.74, 6) is 0.161. The van der Waals surface area contributed by atoms with Crippen molar-refractivity contribution in [2.45, 2.75) is 13.0 Å². The molecule has 0 spiro atoms. The highest BCUT2D eigenvalue weighted by molar-refractivity contribution is 7.13. The molecule has 3 heterocycles. The maximum absolute atomic E-state index is 12.6. The van der Waals surface area contributed by atoms with Gasteiger partial charge in [0, 0.05) is 56.2 Å². The molecule has 2 saturated heterocycles. The predicted octanol–water partition coefficient (Wildman–Crippen LogP) is 2.52. The van der Waals surface area contributed by atoms with Crippen LogP contribution in [0.15, 0.2) is 29.6 Å². The molecule has 0 radical (unpaired) electrons. The van der Waals surface area contributed by atoms with Crippen LogP contribution < -0.4 is 4.90 Å². The number of benzene rings is 1. The second-order valence-corrected chi connectivity index (χ2v) is 8.46. The van der Waals surface area contributed by atoms with Crippen molar-refractivity contribution in [3.05, 3.63) is 45.9 Å². The number of thiazole rings is 1. The number of carbonyl (C=O) groups is 1. The van der Waals surface area contributed by atoms with E-state index in [1.54, 1.807) is 11.3 Å². The highest BCUT2D eigenvalue weighted by Gasteiger charge is 2.23. The lowest BCUT2D eigenvalue weighted by Crippen LogP contribution is -2.49. The van der Waals surface area contributed by atoms with Crippen molar-refractivity contribution in [2.75, 3.05) is 57.4 Å². The lowest BCUT2D eigenvalue weighted by atomic mass is 10.1. The van der Waals surface area contributed by atoms with Crippen molar-refractivity contribution in [1.82, 2.24) is 14.8 Å². The minimum absolute atomic E-state index is 0.161. The SMILES string of the molecule is O=C(Cc1cccc(Cl)c1)N1CCN(c2nc(CN3CCOCC3)cs2)CC1. The van der Waals surface area contributed by atoms with Gasteiger partial charge in [-0.15, -0.1) is 11.3 Å². The van der Waals surface area contributed by atoms with E-state index in [1.165, 1.54) is 0 Å². The van der Waals surface area contributed by atoms with Gasteiger partial charge in [-0.25, -0.2) is 4.98 Å². The number of piperazine rings is 1. The summed E-state index contributed by atoms with van der Waals surface area (Å²) in [6, 6.07) is 7.53. The number of hydrogen-bond donors (Lipinski definition) is 0. The number of ether oxygens (including phenoxy) is 1. The first kappa shape index (κ1) is 19.6. The van der Waals surface area contributed by atoms with E-state index in [0.29, 0.717) is 11.4 Å². The van der Waals surface area contributed by atoms with Crippen molar-refractivity contribution in [1.29, 1.82) is 0 Å². The zero-order chi connectivity index (χ0) is 19.3. The van der Waals surface area contributed by atoms with E-state index in [9.17, 15) is 4.79 Å². The molecule has 150 valence electrons. The second-order valence-electron chi connectivity index (χ2n) is 7.18. The highest BCUT2D eigenvalue weighted by atomic mass is 35.5. The first-order valence-electron chi connectivity index (χ1n) is 9.69. The Morgan fingerprint density at radius 3 is 2.68 bits per heavy atom. The molecule has 4 rings (SSSR count). The van der Waals surface area contributed by atoms with Crippen LogP contribution in [-0.4, -0.2) is 73.2 Å². The molecule has 1 aromatic carbocycles. The van der Waals surface area contributed by atoms with Crippen molar-refractivity contribution < 1.29 is 9.53 Å². The maximum atomic E-state index is 12.6. The van der Waals surface area contributed by atoms with Crippen LogP contribution in [0.4, 0.5) is 5.13 Å². The second kappa shape index (κ2) is 9.22. The standard InChI is InChI=1S/C20H25ClN4O2S/c21-17-3-1-2-16(12-17)13-19(26)24-4-6-25(7-5-24)20-22-18(15-28-20)14-23-8-10-27-11-9-23/h1-3,12,15H,4-11,13-14H2. The van der Waals surface area contributed by atoms with Crippen molar-refractivity contribution in [3.8, 4) is 0 Å². The van der Waals surface area contributed by atoms with Crippen molar-refractivity contribution >= 4 is 34.0 Å². The molecule has 8 heteroatoms. The quantitative estimate of drug-likeness (QED) is 0.743. The Morgan fingerprint density at radius 2 is 1.93 bits per heavy atom. The summed E-state index contributed by atoms with van der Waals surface area (Å²) in [7, 11) is 0. The number of anilines is 1. The van der Waals surface area contributed by atoms with Gasteiger partial charge < -0.3 is 14.5 Å². The molecule has 6 nitrogen and oxygen atoms in total. The number of aromatic nitrogens is 1. The molecule has 0 bridgehead atoms. The fraction of sp³-hybridized carbons (Fsp3) is 0.500. The van der Waals surface area contributed by atoms with Gasteiger partial charge in [0.05, 0.1) is 25.3 Å². The van der Waals surface area contributed by atoms with E-state index in [4.69, 9.17) is 21.3 Å². The molecule has 0 unspecified atom stereocenters. The Kier molecular flexibility index (Phi) is 6.47. The number of halogens is 1. The number of hydrogen-bond acceptors (Lipinski definition) is 6. The summed E-state index contributed by atoms with van der Waals surface area (Å²) in [4.78, 5) is 24.0. The molecule has 2 fully saturated rings. The first-order chi connectivity index (χ1) is 13.7. The molecule has 0 N–H and O–H groups in total. The smallest absolute Gasteiger partial charge is 0.227 e. The lowest BCUT2D eigenvalue weighted by Gasteiger charge is -2.34. The van der Waals surface area contributed by atoms with Crippen LogP contribution in [0.3, 0.4) is 0 Å². The van der Waals surface area contributed by atoms with Crippen LogP contribution in [0.5, 0.6) is 0 Å². The Balaban J connectivity index is 1.27. The molecule has 0 atom stereocenters. The average molecular weight is 421 g/mol. The molecule has 2 aromatic rings. The number of rotatable bonds is 5. The van der Waals surface area contributed by atoms with Crippen LogP contribution in [0.1, 0.15) is 11.3 Å².